The number of benzene rings is 5. The molecule has 14 nitrogen and oxygen atoms in total. The predicted molar refractivity (Wildman–Crippen MR) is 157 cm³/mol. The smallest absolute Gasteiger partial charge is 0.339 e. The Morgan fingerprint density at radius 3 is 1.98 bits per heavy atom. The number of hydrogen-bond acceptors (Lipinski definition) is 11. The number of phenols is 2. The first-order valence-corrected chi connectivity index (χ1v) is 13.9. The fourth-order valence-electron chi connectivity index (χ4n) is 4.27. The van der Waals surface area contributed by atoms with E-state index in [4.69, 9.17) is 5.11 Å². The Morgan fingerprint density at radius 2 is 1.34 bits per heavy atom. The summed E-state index contributed by atoms with van der Waals surface area (Å²) in [5.41, 5.74) is 0.350. The Morgan fingerprint density at radius 1 is 0.750 bits per heavy atom. The second kappa shape index (κ2) is 11.7. The van der Waals surface area contributed by atoms with E-state index in [1.54, 1.807) is 24.3 Å². The van der Waals surface area contributed by atoms with Crippen LogP contribution in [-0.4, -0.2) is 39.2 Å². The number of phenolic OH excluding ortho intramolecular Hbond substituents is 1. The highest BCUT2D eigenvalue weighted by atomic mass is 32.2. The average molecular weight is 614 g/mol. The van der Waals surface area contributed by atoms with E-state index in [1.807, 2.05) is 0 Å². The minimum absolute atomic E-state index is 0.109. The lowest BCUT2D eigenvalue weighted by molar-refractivity contribution is -0.384. The third-order valence-electron chi connectivity index (χ3n) is 6.36. The van der Waals surface area contributed by atoms with Crippen molar-refractivity contribution < 1.29 is 38.0 Å². The summed E-state index contributed by atoms with van der Waals surface area (Å²) in [4.78, 5) is 22.0. The van der Waals surface area contributed by atoms with E-state index in [0.717, 1.165) is 18.2 Å². The number of azo groups is 2. The van der Waals surface area contributed by atoms with Crippen LogP contribution in [0.25, 0.3) is 21.9 Å². The highest BCUT2D eigenvalue weighted by Crippen LogP contribution is 2.40. The molecule has 0 amide bonds. The molecule has 0 radical (unpaired) electrons. The van der Waals surface area contributed by atoms with Gasteiger partial charge in [-0.3, -0.25) is 14.7 Å². The molecule has 0 atom stereocenters. The zero-order chi connectivity index (χ0) is 31.6. The number of carboxylic acids is 1. The summed E-state index contributed by atoms with van der Waals surface area (Å²) in [6.07, 6.45) is 0. The lowest BCUT2D eigenvalue weighted by atomic mass is 10.0. The van der Waals surface area contributed by atoms with Crippen molar-refractivity contribution in [2.75, 3.05) is 0 Å². The van der Waals surface area contributed by atoms with Crippen molar-refractivity contribution in [2.45, 2.75) is 4.90 Å². The number of carboxylic acid groups (broad SMARTS) is 1. The van der Waals surface area contributed by atoms with Crippen LogP contribution in [-0.2, 0) is 10.1 Å². The van der Waals surface area contributed by atoms with Gasteiger partial charge in [0.1, 0.15) is 21.9 Å². The molecule has 0 bridgehead atoms. The van der Waals surface area contributed by atoms with E-state index >= 15 is 0 Å². The second-order valence-electron chi connectivity index (χ2n) is 9.18. The summed E-state index contributed by atoms with van der Waals surface area (Å²) >= 11 is 0. The Kier molecular flexibility index (Phi) is 7.81. The molecule has 220 valence electrons. The molecule has 0 saturated carbocycles. The van der Waals surface area contributed by atoms with Crippen molar-refractivity contribution in [3.05, 3.63) is 107 Å². The molecule has 5 rings (SSSR count). The van der Waals surface area contributed by atoms with Crippen molar-refractivity contribution >= 4 is 55.3 Å². The molecule has 5 aromatic rings. The Hall–Kier alpha value is -6.06. The Bertz CT molecular complexity index is 2130. The molecular weight excluding hydrogens is 594 g/mol. The van der Waals surface area contributed by atoms with Gasteiger partial charge in [0, 0.05) is 16.8 Å². The second-order valence-corrected chi connectivity index (χ2v) is 10.6. The van der Waals surface area contributed by atoms with E-state index < -0.39 is 31.7 Å². The molecule has 0 aliphatic carbocycles. The molecular formula is C29H19N5O9S. The van der Waals surface area contributed by atoms with E-state index in [9.17, 15) is 38.1 Å². The lowest BCUT2D eigenvalue weighted by Gasteiger charge is -2.08. The normalized spacial score (nSPS) is 11.8. The molecule has 0 fully saturated rings. The standard InChI is InChI=1S/C29H19N5O9S/c35-26-12-10-18(13-23(26)29(37)38)31-32-19-9-11-20(25(14-19)34(39)40)16-5-7-17(8-6-16)30-33-24-15-27(44(41,42)43)21-3-1-2-4-22(21)28(24)36/h1-15,35-36H,(H,37,38)(H,41,42,43). The molecule has 0 spiro atoms. The quantitative estimate of drug-likeness (QED) is 0.0583. The van der Waals surface area contributed by atoms with Gasteiger partial charge in [0.25, 0.3) is 15.8 Å². The fourth-order valence-corrected chi connectivity index (χ4v) is 4.99. The zero-order valence-corrected chi connectivity index (χ0v) is 23.0. The van der Waals surface area contributed by atoms with Crippen LogP contribution in [0.3, 0.4) is 0 Å². The number of nitrogens with zero attached hydrogens (tertiary/aromatic N) is 5. The number of carbonyl (C=O) groups is 1. The van der Waals surface area contributed by atoms with Crippen LogP contribution in [0.2, 0.25) is 0 Å². The zero-order valence-electron chi connectivity index (χ0n) is 22.1. The largest absolute Gasteiger partial charge is 0.507 e. The van der Waals surface area contributed by atoms with Crippen LogP contribution < -0.4 is 0 Å². The summed E-state index contributed by atoms with van der Waals surface area (Å²) in [6.45, 7) is 0. The topological polar surface area (TPSA) is 225 Å². The summed E-state index contributed by atoms with van der Waals surface area (Å²) in [5.74, 6) is -2.14. The summed E-state index contributed by atoms with van der Waals surface area (Å²) < 4.78 is 33.5. The van der Waals surface area contributed by atoms with Crippen molar-refractivity contribution in [3.63, 3.8) is 0 Å². The molecule has 0 unspecified atom stereocenters. The highest BCUT2D eigenvalue weighted by molar-refractivity contribution is 7.86. The van der Waals surface area contributed by atoms with Gasteiger partial charge in [0.2, 0.25) is 0 Å². The molecule has 0 aliphatic heterocycles. The maximum Gasteiger partial charge on any atom is 0.339 e. The van der Waals surface area contributed by atoms with Gasteiger partial charge in [-0.25, -0.2) is 4.79 Å². The molecule has 0 saturated heterocycles. The van der Waals surface area contributed by atoms with Crippen LogP contribution in [0.5, 0.6) is 11.5 Å². The highest BCUT2D eigenvalue weighted by Gasteiger charge is 2.20. The van der Waals surface area contributed by atoms with Gasteiger partial charge in [-0.15, -0.1) is 5.11 Å². The van der Waals surface area contributed by atoms with E-state index in [1.165, 1.54) is 48.5 Å². The molecule has 15 heteroatoms. The van der Waals surface area contributed by atoms with Crippen molar-refractivity contribution in [1.82, 2.24) is 0 Å². The number of aromatic hydroxyl groups is 2. The van der Waals surface area contributed by atoms with Gasteiger partial charge in [0.05, 0.1) is 27.5 Å². The van der Waals surface area contributed by atoms with Gasteiger partial charge in [-0.1, -0.05) is 36.4 Å². The molecule has 0 aromatic heterocycles. The number of nitro benzene ring substituents is 1. The number of hydrogen-bond donors (Lipinski definition) is 4. The molecule has 0 heterocycles. The molecule has 5 aromatic carbocycles. The van der Waals surface area contributed by atoms with Crippen molar-refractivity contribution in [3.8, 4) is 22.6 Å². The summed E-state index contributed by atoms with van der Waals surface area (Å²) in [6, 6.07) is 20.9. The molecule has 0 aliphatic rings. The van der Waals surface area contributed by atoms with Gasteiger partial charge in [-0.2, -0.15) is 23.8 Å². The van der Waals surface area contributed by atoms with Gasteiger partial charge in [0.15, 0.2) is 5.75 Å². The Labute approximate surface area is 247 Å². The molecule has 44 heavy (non-hydrogen) atoms. The van der Waals surface area contributed by atoms with Crippen LogP contribution in [0.1, 0.15) is 10.4 Å². The van der Waals surface area contributed by atoms with Gasteiger partial charge in [-0.05, 0) is 54.1 Å². The predicted octanol–water partition coefficient (Wildman–Crippen LogP) is 7.60. The maximum absolute atomic E-state index is 11.9. The number of nitro groups is 1. The van der Waals surface area contributed by atoms with Gasteiger partial charge >= 0.3 is 5.97 Å². The number of aromatic carboxylic acids is 1. The van der Waals surface area contributed by atoms with E-state index in [0.29, 0.717) is 5.56 Å². The lowest BCUT2D eigenvalue weighted by Crippen LogP contribution is -1.99. The van der Waals surface area contributed by atoms with Gasteiger partial charge < -0.3 is 15.3 Å². The van der Waals surface area contributed by atoms with Crippen LogP contribution in [0.15, 0.2) is 116 Å². The Balaban J connectivity index is 1.42. The van der Waals surface area contributed by atoms with E-state index in [-0.39, 0.29) is 56.1 Å². The average Bonchev–Trinajstić information content (AvgIpc) is 3.00. The van der Waals surface area contributed by atoms with Crippen molar-refractivity contribution in [1.29, 1.82) is 0 Å². The monoisotopic (exact) mass is 613 g/mol. The number of rotatable bonds is 8. The molecule has 4 N–H and O–H groups in total. The number of fused-ring (bicyclic) bond motifs is 1. The first-order valence-electron chi connectivity index (χ1n) is 12.4. The summed E-state index contributed by atoms with van der Waals surface area (Å²) in [7, 11) is -4.64. The third-order valence-corrected chi connectivity index (χ3v) is 7.25. The van der Waals surface area contributed by atoms with Crippen LogP contribution >= 0.6 is 0 Å². The SMILES string of the molecule is O=C(O)c1cc(N=Nc2ccc(-c3ccc(N=Nc4cc(S(=O)(=O)O)c5ccccc5c4O)cc3)c([N+](=O)[O-])c2)ccc1O. The van der Waals surface area contributed by atoms with Crippen LogP contribution in [0, 0.1) is 10.1 Å². The minimum atomic E-state index is -4.64. The third kappa shape index (κ3) is 6.08. The van der Waals surface area contributed by atoms with Crippen molar-refractivity contribution in [2.24, 2.45) is 20.5 Å². The van der Waals surface area contributed by atoms with E-state index in [2.05, 4.69) is 20.5 Å². The first kappa shape index (κ1) is 29.4. The fraction of sp³-hybridized carbons (Fsp3) is 0. The minimum Gasteiger partial charge on any atom is -0.507 e. The van der Waals surface area contributed by atoms with Crippen LogP contribution in [0.4, 0.5) is 28.4 Å². The summed E-state index contributed by atoms with van der Waals surface area (Å²) in [5, 5.41) is 57.3. The maximum atomic E-state index is 11.9. The first-order chi connectivity index (χ1) is 20.9.